The van der Waals surface area contributed by atoms with Gasteiger partial charge in [0.2, 0.25) is 0 Å². The molecule has 0 atom stereocenters. The summed E-state index contributed by atoms with van der Waals surface area (Å²) in [7, 11) is -25.4. The average Bonchev–Trinajstić information content (AvgIpc) is 2.20. The van der Waals surface area contributed by atoms with Crippen molar-refractivity contribution in [3.63, 3.8) is 0 Å². The van der Waals surface area contributed by atoms with Gasteiger partial charge in [-0.3, -0.25) is 0 Å². The van der Waals surface area contributed by atoms with Gasteiger partial charge >= 0.3 is 165 Å². The standard InChI is InChI=1S/2Al.2Ca.7O3Si.2H2O.2Pb/c;;;;7*1-4(2)3;;;;/h;;;;;;;;;;;2*1H2;;/q2*+3;2*+2;7*-2;;;2*+2. The molecule has 0 aliphatic carbocycles. The zero-order valence-corrected chi connectivity index (χ0v) is 38.1. The minimum absolute atomic E-state index is 0. The summed E-state index contributed by atoms with van der Waals surface area (Å²) in [6.45, 7) is 0. The fourth-order valence-corrected chi connectivity index (χ4v) is 0. The first-order chi connectivity index (χ1) is 12.1. The van der Waals surface area contributed by atoms with E-state index in [2.05, 4.69) is 0 Å². The van der Waals surface area contributed by atoms with Crippen molar-refractivity contribution in [3.05, 3.63) is 0 Å². The summed E-state index contributed by atoms with van der Waals surface area (Å²) in [6.07, 6.45) is 0. The van der Waals surface area contributed by atoms with Gasteiger partial charge in [-0.15, -0.1) is 0 Å². The van der Waals surface area contributed by atoms with Crippen molar-refractivity contribution in [2.45, 2.75) is 0 Å². The van der Waals surface area contributed by atoms with Crippen LogP contribution in [0.3, 0.4) is 0 Å². The normalized spacial score (nSPS) is 4.67. The molecule has 0 bridgehead atoms. The summed E-state index contributed by atoms with van der Waals surface area (Å²) in [5, 5.41) is 0. The molecule has 4 N–H and O–H groups in total. The molecule has 0 aromatic rings. The van der Waals surface area contributed by atoms with Gasteiger partial charge in [0.25, 0.3) is 0 Å². The molecule has 23 nitrogen and oxygen atoms in total. The first kappa shape index (κ1) is 97.9. The van der Waals surface area contributed by atoms with Gasteiger partial charge in [0.15, 0.2) is 0 Å². The summed E-state index contributed by atoms with van der Waals surface area (Å²) >= 11 is 0. The largest absolute Gasteiger partial charge is 3.00 e. The zero-order chi connectivity index (χ0) is 25.0. The van der Waals surface area contributed by atoms with Crippen LogP contribution in [0.5, 0.6) is 0 Å². The quantitative estimate of drug-likeness (QED) is 0.203. The molecule has 0 aromatic carbocycles. The van der Waals surface area contributed by atoms with Gasteiger partial charge in [0, 0.05) is 64.2 Å². The molecule has 0 saturated heterocycles. The molecular formula is H4Al2Ca2O23Pb2Si7. The van der Waals surface area contributed by atoms with Crippen LogP contribution >= 0.6 is 0 Å². The maximum absolute atomic E-state index is 8.52. The topological polar surface area (TPSA) is 505 Å². The molecule has 0 rings (SSSR count). The molecule has 4 radical (unpaired) electrons. The third-order valence-electron chi connectivity index (χ3n) is 0. The molecule has 0 aromatic heterocycles. The monoisotopic (exact) mass is 1120 g/mol. The molecule has 0 fully saturated rings. The smallest absolute Gasteiger partial charge is 0.672 e. The molecule has 188 valence electrons. The summed E-state index contributed by atoms with van der Waals surface area (Å²) < 4.78 is 59.6. The molecular weight excluding hydrogens is 1110 g/mol. The van der Waals surface area contributed by atoms with E-state index in [1.54, 1.807) is 0 Å². The van der Waals surface area contributed by atoms with Crippen LogP contribution in [0.2, 0.25) is 0 Å². The second-order valence-electron chi connectivity index (χ2n) is 1.75. The van der Waals surface area contributed by atoms with E-state index in [0.29, 0.717) is 0 Å². The van der Waals surface area contributed by atoms with Crippen molar-refractivity contribution in [3.8, 4) is 0 Å². The van der Waals surface area contributed by atoms with E-state index in [1.807, 2.05) is 0 Å². The van der Waals surface area contributed by atoms with E-state index >= 15 is 0 Å². The van der Waals surface area contributed by atoms with Gasteiger partial charge in [-0.05, 0) is 0 Å². The molecule has 0 unspecified atom stereocenters. The molecule has 36 heavy (non-hydrogen) atoms. The van der Waals surface area contributed by atoms with Crippen molar-refractivity contribution in [2.75, 3.05) is 0 Å². The van der Waals surface area contributed by atoms with Crippen LogP contribution in [0.1, 0.15) is 0 Å². The van der Waals surface area contributed by atoms with Gasteiger partial charge in [-0.25, -0.2) is 0 Å². The number of hydrogen-bond donors (Lipinski definition) is 0. The van der Waals surface area contributed by atoms with Crippen molar-refractivity contribution >= 4 is 229 Å². The zero-order valence-electron chi connectivity index (χ0n) is 16.6. The third kappa shape index (κ3) is 6560. The van der Waals surface area contributed by atoms with Gasteiger partial charge in [0.1, 0.15) is 0 Å². The SMILES string of the molecule is O.O.O=[Si]([O-])[O-].O=[Si]([O-])[O-].O=[Si]([O-])[O-].O=[Si]([O-])[O-].O=[Si]([O-])[O-].O=[Si]([O-])[O-].O=[Si]([O-])[O-].[Al+3].[Al+3].[Ca+2].[Ca+2].[Pb+2].[Pb+2]. The van der Waals surface area contributed by atoms with Crippen molar-refractivity contribution < 1.29 is 109 Å². The summed E-state index contributed by atoms with van der Waals surface area (Å²) in [5.41, 5.74) is 0. The maximum atomic E-state index is 8.52. The molecule has 36 heteroatoms. The Bertz CT molecular complexity index is 335. The van der Waals surface area contributed by atoms with Crippen molar-refractivity contribution in [2.24, 2.45) is 0 Å². The average molecular weight is 1120 g/mol. The fraction of sp³-hybridized carbons (Fsp3) is 0. The Labute approximate surface area is 332 Å². The third-order valence-corrected chi connectivity index (χ3v) is 0. The van der Waals surface area contributed by atoms with E-state index in [4.69, 9.17) is 98.4 Å². The molecule has 0 aliphatic rings. The Morgan fingerprint density at radius 1 is 0.278 bits per heavy atom. The van der Waals surface area contributed by atoms with E-state index in [-0.39, 0.29) is 176 Å². The second-order valence-corrected chi connectivity index (χ2v) is 5.25. The molecule has 0 saturated carbocycles. The predicted molar refractivity (Wildman–Crippen MR) is 86.8 cm³/mol. The fourth-order valence-electron chi connectivity index (χ4n) is 0. The van der Waals surface area contributed by atoms with Gasteiger partial charge in [-0.1, -0.05) is 0 Å². The minimum Gasteiger partial charge on any atom is -0.672 e. The Hall–Kier alpha value is 2.67. The van der Waals surface area contributed by atoms with Crippen molar-refractivity contribution in [1.29, 1.82) is 0 Å². The van der Waals surface area contributed by atoms with Gasteiger partial charge in [0.05, 0.1) is 0 Å². The van der Waals surface area contributed by atoms with E-state index in [0.717, 1.165) is 0 Å². The summed E-state index contributed by atoms with van der Waals surface area (Å²) in [4.78, 5) is 119. The van der Waals surface area contributed by atoms with Crippen LogP contribution in [0.4, 0.5) is 0 Å². The Kier molecular flexibility index (Phi) is 246. The van der Waals surface area contributed by atoms with Gasteiger partial charge < -0.3 is 109 Å². The second kappa shape index (κ2) is 90.4. The van der Waals surface area contributed by atoms with Crippen LogP contribution in [0.15, 0.2) is 0 Å². The van der Waals surface area contributed by atoms with Crippen LogP contribution < -0.4 is 67.1 Å². The molecule has 0 heterocycles. The molecule has 0 amide bonds. The Morgan fingerprint density at radius 3 is 0.278 bits per heavy atom. The number of rotatable bonds is 0. The van der Waals surface area contributed by atoms with Crippen LogP contribution in [0.25, 0.3) is 0 Å². The van der Waals surface area contributed by atoms with E-state index < -0.39 is 64.2 Å². The van der Waals surface area contributed by atoms with Crippen molar-refractivity contribution in [1.82, 2.24) is 0 Å². The number of hydrogen-bond acceptors (Lipinski definition) is 21. The summed E-state index contributed by atoms with van der Waals surface area (Å²) in [6, 6.07) is 0. The van der Waals surface area contributed by atoms with E-state index in [9.17, 15) is 0 Å². The van der Waals surface area contributed by atoms with Crippen LogP contribution in [0, 0.1) is 0 Å². The first-order valence-corrected chi connectivity index (χ1v) is 12.9. The van der Waals surface area contributed by atoms with Crippen LogP contribution in [-0.2, 0) is 31.2 Å². The minimum atomic E-state index is -3.63. The first-order valence-electron chi connectivity index (χ1n) is 4.29. The van der Waals surface area contributed by atoms with Crippen LogP contribution in [-0.4, -0.2) is 240 Å². The predicted octanol–water partition coefficient (Wildman–Crippen LogP) is -24.1. The van der Waals surface area contributed by atoms with E-state index in [1.165, 1.54) is 0 Å². The Morgan fingerprint density at radius 2 is 0.278 bits per heavy atom. The summed E-state index contributed by atoms with van der Waals surface area (Å²) in [5.74, 6) is 0. The molecule has 0 aliphatic heterocycles. The maximum Gasteiger partial charge on any atom is 3.00 e. The molecule has 0 spiro atoms. The Balaban J connectivity index is -0.0000000106. The van der Waals surface area contributed by atoms with Gasteiger partial charge in [-0.2, -0.15) is 0 Å².